The Hall–Kier alpha value is -5.66. The highest BCUT2D eigenvalue weighted by atomic mass is 15.0. The molecule has 0 N–H and O–H groups in total. The summed E-state index contributed by atoms with van der Waals surface area (Å²) in [5, 5.41) is 8.96. The zero-order valence-electron chi connectivity index (χ0n) is 24.7. The van der Waals surface area contributed by atoms with Crippen molar-refractivity contribution in [1.29, 1.82) is 0 Å². The third-order valence-corrected chi connectivity index (χ3v) is 8.86. The first-order valence-corrected chi connectivity index (χ1v) is 15.2. The molecule has 8 rings (SSSR count). The summed E-state index contributed by atoms with van der Waals surface area (Å²) < 4.78 is 2.38. The fourth-order valence-electron chi connectivity index (χ4n) is 6.95. The maximum Gasteiger partial charge on any atom is 0.0619 e. The van der Waals surface area contributed by atoms with Crippen LogP contribution in [0.1, 0.15) is 18.2 Å². The molecule has 7 aromatic carbocycles. The summed E-state index contributed by atoms with van der Waals surface area (Å²) in [5.74, 6) is 0. The van der Waals surface area contributed by atoms with Gasteiger partial charge in [-0.05, 0) is 86.3 Å². The molecule has 0 amide bonds. The van der Waals surface area contributed by atoms with Crippen molar-refractivity contribution in [2.75, 3.05) is 0 Å². The molecule has 1 heteroatoms. The Kier molecular flexibility index (Phi) is 6.24. The highest BCUT2D eigenvalue weighted by Crippen LogP contribution is 2.40. The SMILES string of the molecule is C=Cc1c(/C=C\C)n(-c2ccccc2)c2c(-c3cccc(-c4ccc5c6ccccc6c6ccccc6c5c4)c3)cccc12. The van der Waals surface area contributed by atoms with Crippen LogP contribution in [0, 0.1) is 0 Å². The Morgan fingerprint density at radius 2 is 1.07 bits per heavy atom. The molecule has 1 nitrogen and oxygen atoms in total. The topological polar surface area (TPSA) is 4.93 Å². The zero-order chi connectivity index (χ0) is 29.6. The second-order valence-corrected chi connectivity index (χ2v) is 11.3. The average Bonchev–Trinajstić information content (AvgIpc) is 3.42. The Labute approximate surface area is 257 Å². The number of rotatable bonds is 5. The number of para-hydroxylation sites is 2. The van der Waals surface area contributed by atoms with Crippen LogP contribution in [0.2, 0.25) is 0 Å². The molecule has 0 bridgehead atoms. The van der Waals surface area contributed by atoms with Gasteiger partial charge in [0.1, 0.15) is 0 Å². The number of hydrogen-bond donors (Lipinski definition) is 0. The van der Waals surface area contributed by atoms with Crippen LogP contribution in [-0.4, -0.2) is 4.57 Å². The van der Waals surface area contributed by atoms with Crippen molar-refractivity contribution in [3.8, 4) is 27.9 Å². The zero-order valence-corrected chi connectivity index (χ0v) is 24.7. The first-order chi connectivity index (χ1) is 21.8. The summed E-state index contributed by atoms with van der Waals surface area (Å²) in [6, 6.07) is 50.7. The van der Waals surface area contributed by atoms with Gasteiger partial charge in [0.15, 0.2) is 0 Å². The molecule has 208 valence electrons. The molecule has 44 heavy (non-hydrogen) atoms. The van der Waals surface area contributed by atoms with Crippen LogP contribution in [0.3, 0.4) is 0 Å². The minimum atomic E-state index is 1.14. The molecule has 0 aliphatic rings. The van der Waals surface area contributed by atoms with Crippen molar-refractivity contribution in [3.05, 3.63) is 163 Å². The fourth-order valence-corrected chi connectivity index (χ4v) is 6.95. The van der Waals surface area contributed by atoms with E-state index in [-0.39, 0.29) is 0 Å². The molecule has 0 atom stereocenters. The van der Waals surface area contributed by atoms with E-state index in [0.29, 0.717) is 0 Å². The van der Waals surface area contributed by atoms with E-state index in [1.165, 1.54) is 65.5 Å². The van der Waals surface area contributed by atoms with Gasteiger partial charge in [0.05, 0.1) is 11.2 Å². The maximum absolute atomic E-state index is 4.21. The smallest absolute Gasteiger partial charge is 0.0619 e. The molecule has 1 aromatic heterocycles. The Morgan fingerprint density at radius 1 is 0.500 bits per heavy atom. The molecule has 0 saturated heterocycles. The minimum Gasteiger partial charge on any atom is -0.309 e. The summed E-state index contributed by atoms with van der Waals surface area (Å²) in [7, 11) is 0. The van der Waals surface area contributed by atoms with E-state index in [1.54, 1.807) is 0 Å². The van der Waals surface area contributed by atoms with Crippen LogP contribution in [0.5, 0.6) is 0 Å². The predicted molar refractivity (Wildman–Crippen MR) is 191 cm³/mol. The summed E-state index contributed by atoms with van der Waals surface area (Å²) in [5.41, 5.74) is 9.42. The van der Waals surface area contributed by atoms with Crippen molar-refractivity contribution in [2.45, 2.75) is 6.92 Å². The Balaban J connectivity index is 1.36. The van der Waals surface area contributed by atoms with Gasteiger partial charge in [0.2, 0.25) is 0 Å². The molecular formula is C43H31N. The molecule has 0 aliphatic heterocycles. The Morgan fingerprint density at radius 3 is 1.75 bits per heavy atom. The number of aromatic nitrogens is 1. The number of fused-ring (bicyclic) bond motifs is 7. The van der Waals surface area contributed by atoms with E-state index >= 15 is 0 Å². The first kappa shape index (κ1) is 26.0. The predicted octanol–water partition coefficient (Wildman–Crippen LogP) is 12.1. The third-order valence-electron chi connectivity index (χ3n) is 8.86. The van der Waals surface area contributed by atoms with Crippen molar-refractivity contribution >= 4 is 55.4 Å². The standard InChI is InChI=1S/C43H31N/c1-3-14-42-33(4-2)40-24-13-23-34(43(40)44(42)32-17-6-5-7-18-32)31-16-12-15-29(27-31)30-25-26-39-37-21-9-8-19-35(37)36-20-10-11-22-38(36)41(39)28-30/h3-28H,2H2,1H3/b14-3-. The van der Waals surface area contributed by atoms with Gasteiger partial charge in [0.25, 0.3) is 0 Å². The van der Waals surface area contributed by atoms with E-state index in [2.05, 4.69) is 170 Å². The number of benzene rings is 7. The van der Waals surface area contributed by atoms with Gasteiger partial charge < -0.3 is 4.57 Å². The van der Waals surface area contributed by atoms with Crippen LogP contribution in [-0.2, 0) is 0 Å². The Bertz CT molecular complexity index is 2370. The van der Waals surface area contributed by atoms with Gasteiger partial charge >= 0.3 is 0 Å². The van der Waals surface area contributed by atoms with Crippen LogP contribution in [0.15, 0.2) is 152 Å². The van der Waals surface area contributed by atoms with Gasteiger partial charge in [-0.2, -0.15) is 0 Å². The summed E-state index contributed by atoms with van der Waals surface area (Å²) in [6.07, 6.45) is 6.28. The van der Waals surface area contributed by atoms with Crippen LogP contribution in [0.4, 0.5) is 0 Å². The third kappa shape index (κ3) is 4.01. The average molecular weight is 562 g/mol. The molecular weight excluding hydrogens is 530 g/mol. The minimum absolute atomic E-state index is 1.14. The van der Waals surface area contributed by atoms with Crippen molar-refractivity contribution in [1.82, 2.24) is 4.57 Å². The van der Waals surface area contributed by atoms with E-state index in [0.717, 1.165) is 16.9 Å². The van der Waals surface area contributed by atoms with Crippen molar-refractivity contribution in [2.24, 2.45) is 0 Å². The van der Waals surface area contributed by atoms with Crippen molar-refractivity contribution in [3.63, 3.8) is 0 Å². The molecule has 0 unspecified atom stereocenters. The van der Waals surface area contributed by atoms with Gasteiger partial charge in [-0.15, -0.1) is 0 Å². The highest BCUT2D eigenvalue weighted by molar-refractivity contribution is 6.25. The lowest BCUT2D eigenvalue weighted by molar-refractivity contribution is 1.11. The lowest BCUT2D eigenvalue weighted by Crippen LogP contribution is -1.98. The molecule has 0 saturated carbocycles. The normalized spacial score (nSPS) is 11.8. The lowest BCUT2D eigenvalue weighted by Gasteiger charge is -2.14. The fraction of sp³-hybridized carbons (Fsp3) is 0.0233. The molecule has 0 spiro atoms. The number of hydrogen-bond acceptors (Lipinski definition) is 0. The second-order valence-electron chi connectivity index (χ2n) is 11.3. The molecule has 0 fully saturated rings. The van der Waals surface area contributed by atoms with Crippen LogP contribution < -0.4 is 0 Å². The molecule has 0 radical (unpaired) electrons. The van der Waals surface area contributed by atoms with E-state index < -0.39 is 0 Å². The number of allylic oxidation sites excluding steroid dienone is 1. The van der Waals surface area contributed by atoms with E-state index in [4.69, 9.17) is 0 Å². The first-order valence-electron chi connectivity index (χ1n) is 15.2. The summed E-state index contributed by atoms with van der Waals surface area (Å²) >= 11 is 0. The van der Waals surface area contributed by atoms with E-state index in [1.807, 2.05) is 6.08 Å². The largest absolute Gasteiger partial charge is 0.309 e. The second kappa shape index (κ2) is 10.6. The molecule has 1 heterocycles. The molecule has 8 aromatic rings. The van der Waals surface area contributed by atoms with Gasteiger partial charge in [-0.25, -0.2) is 0 Å². The molecule has 0 aliphatic carbocycles. The van der Waals surface area contributed by atoms with Gasteiger partial charge in [-0.3, -0.25) is 0 Å². The highest BCUT2D eigenvalue weighted by Gasteiger charge is 2.19. The van der Waals surface area contributed by atoms with Crippen LogP contribution in [0.25, 0.3) is 83.3 Å². The lowest BCUT2D eigenvalue weighted by atomic mass is 9.91. The van der Waals surface area contributed by atoms with Gasteiger partial charge in [-0.1, -0.05) is 134 Å². The van der Waals surface area contributed by atoms with Gasteiger partial charge in [0, 0.05) is 22.2 Å². The van der Waals surface area contributed by atoms with E-state index in [9.17, 15) is 0 Å². The van der Waals surface area contributed by atoms with Crippen LogP contribution >= 0.6 is 0 Å². The van der Waals surface area contributed by atoms with Crippen molar-refractivity contribution < 1.29 is 0 Å². The number of nitrogens with zero attached hydrogens (tertiary/aromatic N) is 1. The quantitative estimate of drug-likeness (QED) is 0.184. The summed E-state index contributed by atoms with van der Waals surface area (Å²) in [4.78, 5) is 0. The summed E-state index contributed by atoms with van der Waals surface area (Å²) in [6.45, 7) is 6.27. The maximum atomic E-state index is 4.21. The monoisotopic (exact) mass is 561 g/mol.